The summed E-state index contributed by atoms with van der Waals surface area (Å²) >= 11 is 6.00. The van der Waals surface area contributed by atoms with Crippen molar-refractivity contribution in [3.05, 3.63) is 28.8 Å². The number of hydrogen-bond acceptors (Lipinski definition) is 3. The molecule has 1 aromatic carbocycles. The number of aryl methyl sites for hydroxylation is 1. The van der Waals surface area contributed by atoms with Crippen molar-refractivity contribution in [1.82, 2.24) is 5.32 Å². The normalized spacial score (nSPS) is 29.2. The second kappa shape index (κ2) is 5.08. The molecule has 18 heavy (non-hydrogen) atoms. The van der Waals surface area contributed by atoms with Gasteiger partial charge in [0.1, 0.15) is 0 Å². The molecule has 100 valence electrons. The standard InChI is InChI=1S/C14H21ClN2O/c1-10-6-12(15)4-5-13(10)17-9-14(3,18)8-16-7-11(17)2/h4-6,11,16,18H,7-9H2,1-3H3. The molecule has 3 nitrogen and oxygen atoms in total. The van der Waals surface area contributed by atoms with Gasteiger partial charge in [-0.1, -0.05) is 11.6 Å². The summed E-state index contributed by atoms with van der Waals surface area (Å²) in [4.78, 5) is 2.26. The van der Waals surface area contributed by atoms with Gasteiger partial charge in [-0.15, -0.1) is 0 Å². The second-order valence-electron chi connectivity index (χ2n) is 5.54. The Morgan fingerprint density at radius 1 is 1.50 bits per heavy atom. The van der Waals surface area contributed by atoms with Crippen LogP contribution in [0.5, 0.6) is 0 Å². The van der Waals surface area contributed by atoms with Crippen LogP contribution in [0.25, 0.3) is 0 Å². The molecular weight excluding hydrogens is 248 g/mol. The zero-order chi connectivity index (χ0) is 13.3. The van der Waals surface area contributed by atoms with Crippen molar-refractivity contribution < 1.29 is 5.11 Å². The highest BCUT2D eigenvalue weighted by Gasteiger charge is 2.30. The van der Waals surface area contributed by atoms with Crippen LogP contribution in [-0.2, 0) is 0 Å². The molecule has 1 aliphatic rings. The summed E-state index contributed by atoms with van der Waals surface area (Å²) in [5.41, 5.74) is 1.58. The van der Waals surface area contributed by atoms with Gasteiger partial charge in [-0.25, -0.2) is 0 Å². The highest BCUT2D eigenvalue weighted by atomic mass is 35.5. The summed E-state index contributed by atoms with van der Waals surface area (Å²) in [6.45, 7) is 8.22. The van der Waals surface area contributed by atoms with Gasteiger partial charge in [-0.2, -0.15) is 0 Å². The Bertz CT molecular complexity index is 434. The molecule has 1 saturated heterocycles. The Balaban J connectivity index is 2.33. The van der Waals surface area contributed by atoms with Gasteiger partial charge in [0.2, 0.25) is 0 Å². The molecule has 1 heterocycles. The zero-order valence-corrected chi connectivity index (χ0v) is 12.0. The quantitative estimate of drug-likeness (QED) is 0.820. The molecule has 2 rings (SSSR count). The zero-order valence-electron chi connectivity index (χ0n) is 11.2. The van der Waals surface area contributed by atoms with Crippen molar-refractivity contribution in [2.24, 2.45) is 0 Å². The summed E-state index contributed by atoms with van der Waals surface area (Å²) in [5, 5.41) is 14.4. The first-order valence-electron chi connectivity index (χ1n) is 6.35. The minimum absolute atomic E-state index is 0.346. The molecule has 0 amide bonds. The number of hydrogen-bond donors (Lipinski definition) is 2. The van der Waals surface area contributed by atoms with E-state index in [-0.39, 0.29) is 0 Å². The number of halogens is 1. The fraction of sp³-hybridized carbons (Fsp3) is 0.571. The van der Waals surface area contributed by atoms with Gasteiger partial charge < -0.3 is 15.3 Å². The fourth-order valence-electron chi connectivity index (χ4n) is 2.50. The number of aliphatic hydroxyl groups is 1. The topological polar surface area (TPSA) is 35.5 Å². The number of rotatable bonds is 1. The van der Waals surface area contributed by atoms with Gasteiger partial charge >= 0.3 is 0 Å². The summed E-state index contributed by atoms with van der Waals surface area (Å²) in [6, 6.07) is 6.26. The van der Waals surface area contributed by atoms with E-state index >= 15 is 0 Å². The average molecular weight is 269 g/mol. The van der Waals surface area contributed by atoms with E-state index < -0.39 is 5.60 Å². The van der Waals surface area contributed by atoms with E-state index in [0.29, 0.717) is 19.1 Å². The minimum atomic E-state index is -0.711. The summed E-state index contributed by atoms with van der Waals surface area (Å²) in [6.07, 6.45) is 0. The van der Waals surface area contributed by atoms with Crippen LogP contribution in [0.15, 0.2) is 18.2 Å². The molecule has 1 aliphatic heterocycles. The molecule has 0 saturated carbocycles. The number of nitrogens with one attached hydrogen (secondary N) is 1. The van der Waals surface area contributed by atoms with E-state index in [2.05, 4.69) is 24.1 Å². The van der Waals surface area contributed by atoms with Crippen LogP contribution in [0, 0.1) is 6.92 Å². The first kappa shape index (κ1) is 13.7. The third-order valence-corrected chi connectivity index (χ3v) is 3.69. The third kappa shape index (κ3) is 2.97. The lowest BCUT2D eigenvalue weighted by Gasteiger charge is -2.34. The summed E-state index contributed by atoms with van der Waals surface area (Å²) in [5.74, 6) is 0. The van der Waals surface area contributed by atoms with Gasteiger partial charge in [0.05, 0.1) is 5.60 Å². The Labute approximate surface area is 114 Å². The Kier molecular flexibility index (Phi) is 3.85. The molecule has 1 fully saturated rings. The van der Waals surface area contributed by atoms with Crippen molar-refractivity contribution in [2.45, 2.75) is 32.4 Å². The lowest BCUT2D eigenvalue weighted by Crippen LogP contribution is -2.45. The smallest absolute Gasteiger partial charge is 0.0917 e. The summed E-state index contributed by atoms with van der Waals surface area (Å²) in [7, 11) is 0. The molecule has 2 N–H and O–H groups in total. The SMILES string of the molecule is Cc1cc(Cl)ccc1N1CC(C)(O)CNCC1C. The van der Waals surface area contributed by atoms with Crippen molar-refractivity contribution in [3.63, 3.8) is 0 Å². The molecule has 0 radical (unpaired) electrons. The average Bonchev–Trinajstić information content (AvgIpc) is 2.38. The molecule has 0 bridgehead atoms. The van der Waals surface area contributed by atoms with Crippen LogP contribution in [0.2, 0.25) is 5.02 Å². The molecule has 2 unspecified atom stereocenters. The van der Waals surface area contributed by atoms with E-state index in [1.165, 1.54) is 0 Å². The highest BCUT2D eigenvalue weighted by Crippen LogP contribution is 2.27. The second-order valence-corrected chi connectivity index (χ2v) is 5.97. The largest absolute Gasteiger partial charge is 0.387 e. The molecule has 0 aliphatic carbocycles. The van der Waals surface area contributed by atoms with E-state index in [1.807, 2.05) is 25.1 Å². The number of β-amino-alcohol motifs (C(OH)–C–C–N with tert-alkyl or cyclic N) is 1. The van der Waals surface area contributed by atoms with E-state index in [9.17, 15) is 5.11 Å². The van der Waals surface area contributed by atoms with Gasteiger partial charge in [0.25, 0.3) is 0 Å². The molecule has 1 aromatic rings. The molecule has 2 atom stereocenters. The van der Waals surface area contributed by atoms with Gasteiger partial charge in [-0.3, -0.25) is 0 Å². The third-order valence-electron chi connectivity index (χ3n) is 3.46. The fourth-order valence-corrected chi connectivity index (χ4v) is 2.73. The minimum Gasteiger partial charge on any atom is -0.387 e. The first-order valence-corrected chi connectivity index (χ1v) is 6.73. The molecule has 0 aromatic heterocycles. The van der Waals surface area contributed by atoms with Gasteiger partial charge in [0, 0.05) is 36.4 Å². The van der Waals surface area contributed by atoms with Crippen LogP contribution in [0.3, 0.4) is 0 Å². The number of anilines is 1. The van der Waals surface area contributed by atoms with Crippen LogP contribution in [0.1, 0.15) is 19.4 Å². The molecular formula is C14H21ClN2O. The monoisotopic (exact) mass is 268 g/mol. The maximum Gasteiger partial charge on any atom is 0.0917 e. The van der Waals surface area contributed by atoms with E-state index in [1.54, 1.807) is 0 Å². The molecule has 4 heteroatoms. The lowest BCUT2D eigenvalue weighted by molar-refractivity contribution is 0.0726. The number of benzene rings is 1. The maximum absolute atomic E-state index is 10.3. The maximum atomic E-state index is 10.3. The van der Waals surface area contributed by atoms with Crippen LogP contribution in [-0.4, -0.2) is 36.4 Å². The van der Waals surface area contributed by atoms with E-state index in [0.717, 1.165) is 22.8 Å². The Morgan fingerprint density at radius 2 is 2.22 bits per heavy atom. The number of nitrogens with zero attached hydrogens (tertiary/aromatic N) is 1. The Morgan fingerprint density at radius 3 is 2.89 bits per heavy atom. The van der Waals surface area contributed by atoms with Crippen LogP contribution >= 0.6 is 11.6 Å². The van der Waals surface area contributed by atoms with Gasteiger partial charge in [0.15, 0.2) is 0 Å². The van der Waals surface area contributed by atoms with Crippen LogP contribution < -0.4 is 10.2 Å². The van der Waals surface area contributed by atoms with Crippen molar-refractivity contribution >= 4 is 17.3 Å². The Hall–Kier alpha value is -0.770. The predicted octanol–water partition coefficient (Wildman–Crippen LogP) is 2.20. The van der Waals surface area contributed by atoms with Crippen molar-refractivity contribution in [3.8, 4) is 0 Å². The molecule has 0 spiro atoms. The van der Waals surface area contributed by atoms with Crippen molar-refractivity contribution in [1.29, 1.82) is 0 Å². The van der Waals surface area contributed by atoms with E-state index in [4.69, 9.17) is 11.6 Å². The van der Waals surface area contributed by atoms with Crippen molar-refractivity contribution in [2.75, 3.05) is 24.5 Å². The highest BCUT2D eigenvalue weighted by molar-refractivity contribution is 6.30. The summed E-state index contributed by atoms with van der Waals surface area (Å²) < 4.78 is 0. The van der Waals surface area contributed by atoms with Crippen LogP contribution in [0.4, 0.5) is 5.69 Å². The lowest BCUT2D eigenvalue weighted by atomic mass is 10.1. The first-order chi connectivity index (χ1) is 8.39. The van der Waals surface area contributed by atoms with Gasteiger partial charge in [-0.05, 0) is 44.5 Å². The predicted molar refractivity (Wildman–Crippen MR) is 76.5 cm³/mol.